The van der Waals surface area contributed by atoms with Crippen LogP contribution in [-0.4, -0.2) is 15.2 Å². The zero-order valence-corrected chi connectivity index (χ0v) is 20.1. The van der Waals surface area contributed by atoms with Gasteiger partial charge in [0.2, 0.25) is 0 Å². The van der Waals surface area contributed by atoms with Crippen LogP contribution in [-0.2, 0) is 17.4 Å². The van der Waals surface area contributed by atoms with E-state index in [2.05, 4.69) is 15.9 Å². The fourth-order valence-corrected chi connectivity index (χ4v) is 6.45. The molecular weight excluding hydrogens is 456 g/mol. The van der Waals surface area contributed by atoms with Gasteiger partial charge in [-0.1, -0.05) is 35.6 Å². The van der Waals surface area contributed by atoms with Gasteiger partial charge in [0.15, 0.2) is 5.13 Å². The summed E-state index contributed by atoms with van der Waals surface area (Å²) in [7, 11) is -1.75. The molecule has 2 atom stereocenters. The minimum absolute atomic E-state index is 0.314. The quantitative estimate of drug-likeness (QED) is 0.142. The lowest BCUT2D eigenvalue weighted by Gasteiger charge is -2.27. The van der Waals surface area contributed by atoms with Crippen molar-refractivity contribution in [2.45, 2.75) is 55.6 Å². The van der Waals surface area contributed by atoms with Crippen LogP contribution in [0, 0.1) is 5.92 Å². The zero-order valence-electron chi connectivity index (χ0n) is 18.4. The number of nitrogen functional groups attached to an aromatic ring is 1. The lowest BCUT2D eigenvalue weighted by atomic mass is 9.82. The largest absolute Gasteiger partial charge is 0.375 e. The van der Waals surface area contributed by atoms with Crippen LogP contribution < -0.4 is 39.1 Å². The summed E-state index contributed by atoms with van der Waals surface area (Å²) >= 11 is 1.42. The summed E-state index contributed by atoms with van der Waals surface area (Å²) < 4.78 is 13.8. The molecule has 0 bridgehead atoms. The first-order valence-corrected chi connectivity index (χ1v) is 13.1. The highest BCUT2D eigenvalue weighted by molar-refractivity contribution is 7.82. The van der Waals surface area contributed by atoms with Crippen LogP contribution >= 0.6 is 11.3 Å². The molecule has 0 radical (unpaired) electrons. The van der Waals surface area contributed by atoms with Gasteiger partial charge in [-0.3, -0.25) is 5.84 Å². The summed E-state index contributed by atoms with van der Waals surface area (Å²) in [4.78, 5) is 5.05. The number of hydrogen-bond donors (Lipinski definition) is 7. The molecule has 1 aromatic heterocycles. The number of anilines is 1. The van der Waals surface area contributed by atoms with Gasteiger partial charge in [-0.25, -0.2) is 19.8 Å². The molecule has 0 amide bonds. The van der Waals surface area contributed by atoms with Crippen molar-refractivity contribution >= 4 is 37.7 Å². The van der Waals surface area contributed by atoms with Crippen LogP contribution in [0.5, 0.6) is 0 Å². The SMILES string of the molecule is NNNC(N)c1c(-c2cccc3sc(N)nc23)ccc(CCC2CCC(N)CC2)c1S(N)=O. The standard InChI is InChI=1S/C22H32N8OS2/c23-14-9-5-12(6-10-14)4-7-13-8-11-15(18(20(13)33(27)31)21(24)29-30-26)16-2-1-3-17-19(16)28-22(25)32-17/h1-3,8,11-12,14,21,29-30H,4-7,9-10,23-24,26-27H2,(H2,25,28). The Labute approximate surface area is 200 Å². The number of nitrogens with two attached hydrogens (primary N) is 5. The van der Waals surface area contributed by atoms with E-state index in [9.17, 15) is 4.21 Å². The lowest BCUT2D eigenvalue weighted by molar-refractivity contribution is 0.310. The van der Waals surface area contributed by atoms with Crippen LogP contribution in [0.1, 0.15) is 49.4 Å². The second kappa shape index (κ2) is 10.5. The summed E-state index contributed by atoms with van der Waals surface area (Å²) in [5.41, 5.74) is 27.7. The van der Waals surface area contributed by atoms with E-state index in [1.807, 2.05) is 30.3 Å². The Morgan fingerprint density at radius 3 is 2.61 bits per heavy atom. The normalized spacial score (nSPS) is 20.7. The van der Waals surface area contributed by atoms with Crippen molar-refractivity contribution in [2.75, 3.05) is 5.73 Å². The second-order valence-corrected chi connectivity index (χ2v) is 10.7. The molecule has 2 aromatic carbocycles. The number of benzene rings is 2. The van der Waals surface area contributed by atoms with Gasteiger partial charge >= 0.3 is 0 Å². The van der Waals surface area contributed by atoms with Gasteiger partial charge in [-0.2, -0.15) is 5.53 Å². The Morgan fingerprint density at radius 1 is 1.15 bits per heavy atom. The van der Waals surface area contributed by atoms with E-state index in [1.54, 1.807) is 0 Å². The van der Waals surface area contributed by atoms with Crippen molar-refractivity contribution in [3.8, 4) is 11.1 Å². The van der Waals surface area contributed by atoms with E-state index in [1.165, 1.54) is 11.3 Å². The Balaban J connectivity index is 1.79. The molecule has 3 aromatic rings. The van der Waals surface area contributed by atoms with Crippen molar-refractivity contribution in [1.29, 1.82) is 0 Å². The molecule has 9 nitrogen and oxygen atoms in total. The minimum Gasteiger partial charge on any atom is -0.375 e. The maximum absolute atomic E-state index is 12.8. The maximum Gasteiger partial charge on any atom is 0.181 e. The van der Waals surface area contributed by atoms with Crippen molar-refractivity contribution in [3.63, 3.8) is 0 Å². The highest BCUT2D eigenvalue weighted by atomic mass is 32.2. The molecule has 4 rings (SSSR count). The molecule has 178 valence electrons. The molecule has 1 aliphatic rings. The van der Waals surface area contributed by atoms with Gasteiger partial charge < -0.3 is 17.2 Å². The number of para-hydroxylation sites is 1. The van der Waals surface area contributed by atoms with Crippen molar-refractivity contribution in [2.24, 2.45) is 28.4 Å². The molecule has 1 aliphatic carbocycles. The molecule has 0 aliphatic heterocycles. The average Bonchev–Trinajstić information content (AvgIpc) is 3.18. The van der Waals surface area contributed by atoms with Crippen LogP contribution in [0.2, 0.25) is 0 Å². The van der Waals surface area contributed by atoms with Gasteiger partial charge in [-0.05, 0) is 61.6 Å². The summed E-state index contributed by atoms with van der Waals surface area (Å²) in [6.45, 7) is 0. The number of hydrazine groups is 2. The monoisotopic (exact) mass is 488 g/mol. The van der Waals surface area contributed by atoms with Crippen LogP contribution in [0.25, 0.3) is 21.3 Å². The van der Waals surface area contributed by atoms with Gasteiger partial charge in [0.25, 0.3) is 0 Å². The number of fused-ring (bicyclic) bond motifs is 1. The summed E-state index contributed by atoms with van der Waals surface area (Å²) in [6, 6.07) is 10.2. The highest BCUT2D eigenvalue weighted by Crippen LogP contribution is 2.39. The number of nitrogens with one attached hydrogen (secondary N) is 2. The third-order valence-corrected chi connectivity index (χ3v) is 8.20. The molecule has 2 unspecified atom stereocenters. The number of nitrogens with zero attached hydrogens (tertiary/aromatic N) is 1. The van der Waals surface area contributed by atoms with E-state index in [0.29, 0.717) is 27.6 Å². The molecule has 0 saturated heterocycles. The number of rotatable bonds is 8. The number of aryl methyl sites for hydroxylation is 1. The van der Waals surface area contributed by atoms with Crippen molar-refractivity contribution in [1.82, 2.24) is 15.9 Å². The predicted molar refractivity (Wildman–Crippen MR) is 136 cm³/mol. The Bertz CT molecular complexity index is 1140. The smallest absolute Gasteiger partial charge is 0.181 e. The lowest BCUT2D eigenvalue weighted by Crippen LogP contribution is -2.44. The predicted octanol–water partition coefficient (Wildman–Crippen LogP) is 1.90. The van der Waals surface area contributed by atoms with E-state index >= 15 is 0 Å². The van der Waals surface area contributed by atoms with Crippen LogP contribution in [0.4, 0.5) is 5.13 Å². The molecule has 1 saturated carbocycles. The van der Waals surface area contributed by atoms with E-state index in [0.717, 1.165) is 65.4 Å². The fourth-order valence-electron chi connectivity index (χ4n) is 4.80. The van der Waals surface area contributed by atoms with E-state index in [-0.39, 0.29) is 0 Å². The Morgan fingerprint density at radius 2 is 1.91 bits per heavy atom. The topological polar surface area (TPSA) is 184 Å². The maximum atomic E-state index is 12.8. The zero-order chi connectivity index (χ0) is 23.5. The fraction of sp³-hybridized carbons (Fsp3) is 0.409. The van der Waals surface area contributed by atoms with Gasteiger partial charge in [-0.15, -0.1) is 0 Å². The minimum atomic E-state index is -1.75. The van der Waals surface area contributed by atoms with Gasteiger partial charge in [0, 0.05) is 17.2 Å². The average molecular weight is 489 g/mol. The van der Waals surface area contributed by atoms with Crippen LogP contribution in [0.15, 0.2) is 35.2 Å². The third kappa shape index (κ3) is 5.26. The summed E-state index contributed by atoms with van der Waals surface area (Å²) in [5.74, 6) is 6.10. The Hall–Kier alpha value is -1.96. The molecule has 11 heteroatoms. The van der Waals surface area contributed by atoms with Gasteiger partial charge in [0.1, 0.15) is 11.0 Å². The van der Waals surface area contributed by atoms with E-state index < -0.39 is 17.2 Å². The molecule has 33 heavy (non-hydrogen) atoms. The van der Waals surface area contributed by atoms with E-state index in [4.69, 9.17) is 28.2 Å². The van der Waals surface area contributed by atoms with Crippen molar-refractivity contribution in [3.05, 3.63) is 41.5 Å². The third-order valence-electron chi connectivity index (χ3n) is 6.47. The first-order chi connectivity index (χ1) is 15.9. The molecule has 1 heterocycles. The van der Waals surface area contributed by atoms with Crippen molar-refractivity contribution < 1.29 is 4.21 Å². The molecular formula is C22H32N8OS2. The first kappa shape index (κ1) is 24.2. The molecule has 0 spiro atoms. The summed E-state index contributed by atoms with van der Waals surface area (Å²) in [5, 5.41) is 6.51. The molecule has 1 fully saturated rings. The number of thiazole rings is 1. The Kier molecular flexibility index (Phi) is 7.72. The number of hydrogen-bond acceptors (Lipinski definition) is 9. The first-order valence-electron chi connectivity index (χ1n) is 11.1. The number of aromatic nitrogens is 1. The highest BCUT2D eigenvalue weighted by Gasteiger charge is 2.25. The summed E-state index contributed by atoms with van der Waals surface area (Å²) in [6.07, 6.45) is 5.38. The van der Waals surface area contributed by atoms with Gasteiger partial charge in [0.05, 0.1) is 21.3 Å². The molecule has 12 N–H and O–H groups in total. The van der Waals surface area contributed by atoms with Crippen LogP contribution in [0.3, 0.4) is 0 Å². The second-order valence-electron chi connectivity index (χ2n) is 8.60.